The van der Waals surface area contributed by atoms with Crippen LogP contribution in [-0.4, -0.2) is 55.5 Å². The first-order valence-electron chi connectivity index (χ1n) is 5.24. The summed E-state index contributed by atoms with van der Waals surface area (Å²) in [5.41, 5.74) is 0. The van der Waals surface area contributed by atoms with Crippen molar-refractivity contribution in [2.24, 2.45) is 0 Å². The van der Waals surface area contributed by atoms with Crippen molar-refractivity contribution in [3.05, 3.63) is 24.5 Å². The molecule has 2 N–H and O–H groups in total. The average Bonchev–Trinajstić information content (AvgIpc) is 3.14. The summed E-state index contributed by atoms with van der Waals surface area (Å²) >= 11 is 0. The van der Waals surface area contributed by atoms with Crippen LogP contribution in [0.3, 0.4) is 0 Å². The third-order valence-electron chi connectivity index (χ3n) is 1.85. The summed E-state index contributed by atoms with van der Waals surface area (Å²) in [4.78, 5) is 0. The van der Waals surface area contributed by atoms with E-state index in [-0.39, 0.29) is 6.61 Å². The summed E-state index contributed by atoms with van der Waals surface area (Å²) in [7, 11) is 0. The van der Waals surface area contributed by atoms with Crippen LogP contribution < -0.4 is 0 Å². The average molecular weight is 230 g/mol. The number of epoxide rings is 2. The molecule has 0 aromatic rings. The van der Waals surface area contributed by atoms with E-state index in [0.717, 1.165) is 32.7 Å². The van der Waals surface area contributed by atoms with E-state index in [9.17, 15) is 0 Å². The molecule has 0 saturated carbocycles. The van der Waals surface area contributed by atoms with E-state index in [1.165, 1.54) is 12.2 Å². The number of aliphatic hydroxyl groups excluding tert-OH is 2. The van der Waals surface area contributed by atoms with Gasteiger partial charge in [-0.3, -0.25) is 0 Å². The Bertz CT molecular complexity index is 206. The zero-order valence-corrected chi connectivity index (χ0v) is 9.12. The van der Waals surface area contributed by atoms with Crippen molar-refractivity contribution in [1.82, 2.24) is 0 Å². The van der Waals surface area contributed by atoms with Gasteiger partial charge in [-0.1, -0.05) is 12.2 Å². The van der Waals surface area contributed by atoms with Gasteiger partial charge in [0.2, 0.25) is 0 Å². The molecule has 16 heavy (non-hydrogen) atoms. The molecule has 0 aromatic heterocycles. The lowest BCUT2D eigenvalue weighted by molar-refractivity contribution is 0.102. The van der Waals surface area contributed by atoms with E-state index in [1.54, 1.807) is 6.08 Å². The molecule has 0 aliphatic carbocycles. The molecule has 5 heteroatoms. The van der Waals surface area contributed by atoms with Crippen LogP contribution in [0.15, 0.2) is 24.5 Å². The largest absolute Gasteiger partial charge is 0.516 e. The topological polar surface area (TPSA) is 74.8 Å². The first-order chi connectivity index (χ1) is 7.86. The summed E-state index contributed by atoms with van der Waals surface area (Å²) in [6, 6.07) is 0. The second-order valence-corrected chi connectivity index (χ2v) is 3.40. The Labute approximate surface area is 94.9 Å². The van der Waals surface area contributed by atoms with E-state index >= 15 is 0 Å². The lowest BCUT2D eigenvalue weighted by atomic mass is 10.5. The molecule has 5 nitrogen and oxygen atoms in total. The Kier molecular flexibility index (Phi) is 6.83. The molecule has 2 rings (SSSR count). The van der Waals surface area contributed by atoms with E-state index in [0.29, 0.717) is 12.2 Å². The zero-order chi connectivity index (χ0) is 11.6. The molecule has 2 aliphatic heterocycles. The van der Waals surface area contributed by atoms with Gasteiger partial charge in [-0.15, -0.1) is 0 Å². The van der Waals surface area contributed by atoms with Gasteiger partial charge in [0.1, 0.15) is 12.2 Å². The molecule has 2 saturated heterocycles. The quantitative estimate of drug-likeness (QED) is 0.392. The van der Waals surface area contributed by atoms with Crippen LogP contribution in [0.4, 0.5) is 0 Å². The highest BCUT2D eigenvalue weighted by atomic mass is 16.6. The molecular formula is C11H18O5. The maximum Gasteiger partial charge on any atom is 0.104 e. The first-order valence-corrected chi connectivity index (χ1v) is 5.24. The van der Waals surface area contributed by atoms with Crippen molar-refractivity contribution in [2.75, 3.05) is 33.0 Å². The van der Waals surface area contributed by atoms with Crippen LogP contribution in [0.25, 0.3) is 0 Å². The van der Waals surface area contributed by atoms with Gasteiger partial charge in [0.05, 0.1) is 39.3 Å². The Morgan fingerprint density at radius 3 is 2.06 bits per heavy atom. The van der Waals surface area contributed by atoms with Gasteiger partial charge in [-0.25, -0.2) is 0 Å². The number of hydrogen-bond donors (Lipinski definition) is 2. The van der Waals surface area contributed by atoms with Gasteiger partial charge < -0.3 is 24.4 Å². The van der Waals surface area contributed by atoms with Gasteiger partial charge >= 0.3 is 0 Å². The van der Waals surface area contributed by atoms with Crippen molar-refractivity contribution in [3.8, 4) is 0 Å². The third kappa shape index (κ3) is 8.43. The van der Waals surface area contributed by atoms with E-state index in [1.807, 2.05) is 0 Å². The predicted molar refractivity (Wildman–Crippen MR) is 58.3 cm³/mol. The van der Waals surface area contributed by atoms with Crippen molar-refractivity contribution in [3.63, 3.8) is 0 Å². The van der Waals surface area contributed by atoms with Crippen LogP contribution in [0, 0.1) is 0 Å². The highest BCUT2D eigenvalue weighted by molar-refractivity contribution is 4.98. The monoisotopic (exact) mass is 230 g/mol. The van der Waals surface area contributed by atoms with Gasteiger partial charge in [0.25, 0.3) is 0 Å². The summed E-state index contributed by atoms with van der Waals surface area (Å²) in [6.45, 7) is 3.28. The normalized spacial score (nSPS) is 26.8. The van der Waals surface area contributed by atoms with Crippen LogP contribution >= 0.6 is 0 Å². The van der Waals surface area contributed by atoms with Gasteiger partial charge in [-0.2, -0.15) is 0 Å². The summed E-state index contributed by atoms with van der Waals surface area (Å²) in [6.07, 6.45) is 6.20. The Hall–Kier alpha value is -0.880. The van der Waals surface area contributed by atoms with Crippen molar-refractivity contribution in [1.29, 1.82) is 0 Å². The minimum absolute atomic E-state index is 0.0182. The van der Waals surface area contributed by atoms with Crippen LogP contribution in [0.2, 0.25) is 0 Å². The second kappa shape index (κ2) is 8.29. The van der Waals surface area contributed by atoms with Crippen LogP contribution in [-0.2, 0) is 14.2 Å². The fourth-order valence-electron chi connectivity index (χ4n) is 0.849. The van der Waals surface area contributed by atoms with Crippen molar-refractivity contribution >= 4 is 0 Å². The summed E-state index contributed by atoms with van der Waals surface area (Å²) < 4.78 is 15.1. The SMILES string of the molecule is C(OCC1CO1)C1CO1.OC=CC=CCO. The molecular weight excluding hydrogens is 212 g/mol. The lowest BCUT2D eigenvalue weighted by Crippen LogP contribution is -2.06. The summed E-state index contributed by atoms with van der Waals surface area (Å²) in [5.74, 6) is 0. The maximum atomic E-state index is 8.09. The predicted octanol–water partition coefficient (Wildman–Crippen LogP) is 0.407. The van der Waals surface area contributed by atoms with Crippen molar-refractivity contribution in [2.45, 2.75) is 12.2 Å². The molecule has 0 spiro atoms. The molecule has 92 valence electrons. The number of ether oxygens (including phenoxy) is 3. The van der Waals surface area contributed by atoms with Crippen LogP contribution in [0.5, 0.6) is 0 Å². The third-order valence-corrected chi connectivity index (χ3v) is 1.85. The standard InChI is InChI=1S/C6H10O3.C5H8O2/c1(5-3-8-5)7-2-6-4-9-6;6-4-2-1-3-5-7/h5-6H,1-4H2;1-4,6-7H,5H2. The molecule has 2 heterocycles. The minimum atomic E-state index is 0.0182. The zero-order valence-electron chi connectivity index (χ0n) is 9.12. The maximum absolute atomic E-state index is 8.09. The molecule has 2 unspecified atom stereocenters. The Morgan fingerprint density at radius 1 is 1.12 bits per heavy atom. The molecule has 2 fully saturated rings. The number of rotatable bonds is 6. The fourth-order valence-corrected chi connectivity index (χ4v) is 0.849. The minimum Gasteiger partial charge on any atom is -0.516 e. The second-order valence-electron chi connectivity index (χ2n) is 3.40. The summed E-state index contributed by atoms with van der Waals surface area (Å²) in [5, 5.41) is 16.1. The van der Waals surface area contributed by atoms with Gasteiger partial charge in [0.15, 0.2) is 0 Å². The smallest absolute Gasteiger partial charge is 0.104 e. The molecule has 0 aromatic carbocycles. The number of hydrogen-bond acceptors (Lipinski definition) is 5. The Balaban J connectivity index is 0.000000168. The van der Waals surface area contributed by atoms with Crippen LogP contribution in [0.1, 0.15) is 0 Å². The molecule has 0 radical (unpaired) electrons. The van der Waals surface area contributed by atoms with E-state index in [4.69, 9.17) is 24.4 Å². The molecule has 2 atom stereocenters. The molecule has 0 amide bonds. The lowest BCUT2D eigenvalue weighted by Gasteiger charge is -1.95. The first kappa shape index (κ1) is 13.2. The highest BCUT2D eigenvalue weighted by Crippen LogP contribution is 2.12. The van der Waals surface area contributed by atoms with Gasteiger partial charge in [-0.05, 0) is 6.08 Å². The van der Waals surface area contributed by atoms with Gasteiger partial charge in [0, 0.05) is 0 Å². The van der Waals surface area contributed by atoms with E-state index in [2.05, 4.69) is 0 Å². The van der Waals surface area contributed by atoms with E-state index < -0.39 is 0 Å². The number of allylic oxidation sites excluding steroid dienone is 2. The number of aliphatic hydroxyl groups is 2. The fraction of sp³-hybridized carbons (Fsp3) is 0.636. The van der Waals surface area contributed by atoms with Crippen molar-refractivity contribution < 1.29 is 24.4 Å². The highest BCUT2D eigenvalue weighted by Gasteiger charge is 2.26. The Morgan fingerprint density at radius 2 is 1.69 bits per heavy atom. The molecule has 0 bridgehead atoms. The molecule has 2 aliphatic rings.